The quantitative estimate of drug-likeness (QED) is 0.160. The number of hydrogen-bond donors (Lipinski definition) is 0. The van der Waals surface area contributed by atoms with E-state index < -0.39 is 0 Å². The summed E-state index contributed by atoms with van der Waals surface area (Å²) in [6.07, 6.45) is 0. The zero-order valence-electron chi connectivity index (χ0n) is 23.0. The van der Waals surface area contributed by atoms with Gasteiger partial charge in [0.05, 0.1) is 28.8 Å². The van der Waals surface area contributed by atoms with E-state index >= 15 is 0 Å². The first-order chi connectivity index (χ1) is 21.2. The number of fused-ring (bicyclic) bond motifs is 11. The van der Waals surface area contributed by atoms with Crippen molar-refractivity contribution in [2.45, 2.75) is 0 Å². The van der Waals surface area contributed by atoms with E-state index in [1.807, 2.05) is 30.3 Å². The number of aromatic nitrogens is 3. The van der Waals surface area contributed by atoms with Crippen molar-refractivity contribution < 1.29 is 0 Å². The van der Waals surface area contributed by atoms with Crippen LogP contribution < -0.4 is 0 Å². The van der Waals surface area contributed by atoms with Crippen LogP contribution in [0, 0.1) is 6.57 Å². The van der Waals surface area contributed by atoms with Gasteiger partial charge in [0.1, 0.15) is 5.65 Å². The van der Waals surface area contributed by atoms with Crippen molar-refractivity contribution in [2.75, 3.05) is 0 Å². The molecule has 9 rings (SSSR count). The SMILES string of the molecule is [C-]#[N+]c1ccc2c3cc(-c4ccc(-c5ccc6ccc7ccccc7c6n5)cc4)ccc3c3nc4ccccc4n3c2c1. The first-order valence-corrected chi connectivity index (χ1v) is 14.3. The van der Waals surface area contributed by atoms with Crippen molar-refractivity contribution in [1.82, 2.24) is 14.4 Å². The van der Waals surface area contributed by atoms with Gasteiger partial charge in [-0.05, 0) is 58.3 Å². The van der Waals surface area contributed by atoms with E-state index in [0.29, 0.717) is 5.69 Å². The van der Waals surface area contributed by atoms with Crippen molar-refractivity contribution in [3.05, 3.63) is 145 Å². The molecule has 0 saturated heterocycles. The molecule has 6 aromatic carbocycles. The van der Waals surface area contributed by atoms with E-state index in [9.17, 15) is 0 Å². The van der Waals surface area contributed by atoms with Crippen LogP contribution in [-0.4, -0.2) is 14.4 Å². The lowest BCUT2D eigenvalue weighted by molar-refractivity contribution is 1.32. The third kappa shape index (κ3) is 3.56. The summed E-state index contributed by atoms with van der Waals surface area (Å²) in [6.45, 7) is 7.61. The van der Waals surface area contributed by atoms with Crippen LogP contribution >= 0.6 is 0 Å². The van der Waals surface area contributed by atoms with Gasteiger partial charge >= 0.3 is 0 Å². The van der Waals surface area contributed by atoms with Crippen LogP contribution in [0.4, 0.5) is 5.69 Å². The molecule has 0 aliphatic carbocycles. The van der Waals surface area contributed by atoms with Crippen LogP contribution in [-0.2, 0) is 0 Å². The second-order valence-electron chi connectivity index (χ2n) is 11.0. The average Bonchev–Trinajstić information content (AvgIpc) is 3.48. The monoisotopic (exact) mass is 546 g/mol. The zero-order valence-corrected chi connectivity index (χ0v) is 23.0. The first kappa shape index (κ1) is 23.6. The highest BCUT2D eigenvalue weighted by Gasteiger charge is 2.15. The first-order valence-electron chi connectivity index (χ1n) is 14.3. The second kappa shape index (κ2) is 8.97. The molecule has 4 heteroatoms. The van der Waals surface area contributed by atoms with E-state index in [1.54, 1.807) is 0 Å². The topological polar surface area (TPSA) is 34.5 Å². The molecule has 0 bridgehead atoms. The molecule has 0 N–H and O–H groups in total. The van der Waals surface area contributed by atoms with E-state index in [1.165, 1.54) is 10.8 Å². The molecule has 4 nitrogen and oxygen atoms in total. The van der Waals surface area contributed by atoms with Gasteiger partial charge in [0.15, 0.2) is 5.69 Å². The van der Waals surface area contributed by atoms with Crippen LogP contribution in [0.15, 0.2) is 133 Å². The van der Waals surface area contributed by atoms with Crippen LogP contribution in [0.2, 0.25) is 0 Å². The maximum Gasteiger partial charge on any atom is 0.189 e. The van der Waals surface area contributed by atoms with Gasteiger partial charge in [-0.2, -0.15) is 0 Å². The summed E-state index contributed by atoms with van der Waals surface area (Å²) in [5.41, 5.74) is 9.85. The lowest BCUT2D eigenvalue weighted by Gasteiger charge is -2.12. The van der Waals surface area contributed by atoms with Crippen molar-refractivity contribution in [1.29, 1.82) is 0 Å². The highest BCUT2D eigenvalue weighted by Crippen LogP contribution is 2.37. The van der Waals surface area contributed by atoms with Gasteiger partial charge in [0.25, 0.3) is 0 Å². The Kier molecular flexibility index (Phi) is 4.93. The third-order valence-electron chi connectivity index (χ3n) is 8.56. The van der Waals surface area contributed by atoms with Gasteiger partial charge in [0.2, 0.25) is 0 Å². The summed E-state index contributed by atoms with van der Waals surface area (Å²) in [4.78, 5) is 13.8. The zero-order chi connectivity index (χ0) is 28.5. The number of nitrogens with zero attached hydrogens (tertiary/aromatic N) is 4. The average molecular weight is 547 g/mol. The maximum atomic E-state index is 7.61. The molecule has 43 heavy (non-hydrogen) atoms. The summed E-state index contributed by atoms with van der Waals surface area (Å²) in [5, 5.41) is 6.83. The Morgan fingerprint density at radius 2 is 1.26 bits per heavy atom. The van der Waals surface area contributed by atoms with Crippen LogP contribution in [0.5, 0.6) is 0 Å². The van der Waals surface area contributed by atoms with Crippen molar-refractivity contribution >= 4 is 65.7 Å². The van der Waals surface area contributed by atoms with Gasteiger partial charge in [-0.1, -0.05) is 97.1 Å². The van der Waals surface area contributed by atoms with Gasteiger partial charge < -0.3 is 0 Å². The molecular formula is C39H22N4. The molecule has 0 saturated carbocycles. The predicted molar refractivity (Wildman–Crippen MR) is 178 cm³/mol. The van der Waals surface area contributed by atoms with E-state index in [-0.39, 0.29) is 0 Å². The molecule has 0 aliphatic heterocycles. The largest absolute Gasteiger partial charge is 0.293 e. The Balaban J connectivity index is 1.19. The van der Waals surface area contributed by atoms with Crippen molar-refractivity contribution in [2.24, 2.45) is 0 Å². The Morgan fingerprint density at radius 1 is 0.512 bits per heavy atom. The molecule has 0 atom stereocenters. The normalized spacial score (nSPS) is 11.7. The van der Waals surface area contributed by atoms with Gasteiger partial charge in [-0.25, -0.2) is 14.8 Å². The Morgan fingerprint density at radius 3 is 2.16 bits per heavy atom. The second-order valence-corrected chi connectivity index (χ2v) is 11.0. The molecule has 9 aromatic rings. The molecule has 0 fully saturated rings. The molecule has 0 amide bonds. The van der Waals surface area contributed by atoms with Gasteiger partial charge in [0, 0.05) is 32.6 Å². The summed E-state index contributed by atoms with van der Waals surface area (Å²) in [5.74, 6) is 0. The minimum atomic E-state index is 0.618. The van der Waals surface area contributed by atoms with Crippen LogP contribution in [0.1, 0.15) is 0 Å². The van der Waals surface area contributed by atoms with Crippen LogP contribution in [0.3, 0.4) is 0 Å². The molecule has 3 aromatic heterocycles. The molecular weight excluding hydrogens is 524 g/mol. The fourth-order valence-corrected chi connectivity index (χ4v) is 6.45. The molecule has 0 aliphatic rings. The van der Waals surface area contributed by atoms with Crippen molar-refractivity contribution in [3.8, 4) is 22.4 Å². The van der Waals surface area contributed by atoms with Gasteiger partial charge in [-0.15, -0.1) is 0 Å². The predicted octanol–water partition coefficient (Wildman–Crippen LogP) is 10.4. The molecule has 3 heterocycles. The fourth-order valence-electron chi connectivity index (χ4n) is 6.45. The smallest absolute Gasteiger partial charge is 0.189 e. The summed E-state index contributed by atoms with van der Waals surface area (Å²) in [6, 6.07) is 46.4. The number of benzene rings is 6. The summed E-state index contributed by atoms with van der Waals surface area (Å²) >= 11 is 0. The van der Waals surface area contributed by atoms with Gasteiger partial charge in [-0.3, -0.25) is 4.40 Å². The van der Waals surface area contributed by atoms with E-state index in [0.717, 1.165) is 71.6 Å². The number of pyridine rings is 2. The standard InChI is InChI=1S/C39H22N4/c1-40-29-18-20-31-33-22-28(16-19-32(33)39-42-35-8-4-5-9-36(35)43(39)37(31)23-29)24-10-13-26(14-11-24)34-21-17-27-15-12-25-6-2-3-7-30(25)38(27)41-34/h2-23H. The lowest BCUT2D eigenvalue weighted by atomic mass is 9.97. The Hall–Kier alpha value is -6.05. The minimum absolute atomic E-state index is 0.618. The summed E-state index contributed by atoms with van der Waals surface area (Å²) < 4.78 is 2.19. The number of hydrogen-bond acceptors (Lipinski definition) is 2. The minimum Gasteiger partial charge on any atom is -0.293 e. The number of para-hydroxylation sites is 2. The van der Waals surface area contributed by atoms with E-state index in [4.69, 9.17) is 16.5 Å². The highest BCUT2D eigenvalue weighted by molar-refractivity contribution is 6.15. The van der Waals surface area contributed by atoms with E-state index in [2.05, 4.69) is 112 Å². The van der Waals surface area contributed by atoms with Crippen molar-refractivity contribution in [3.63, 3.8) is 0 Å². The summed E-state index contributed by atoms with van der Waals surface area (Å²) in [7, 11) is 0. The fraction of sp³-hybridized carbons (Fsp3) is 0. The Labute approximate surface area is 246 Å². The highest BCUT2D eigenvalue weighted by atomic mass is 15.0. The molecule has 0 spiro atoms. The number of rotatable bonds is 2. The third-order valence-corrected chi connectivity index (χ3v) is 8.56. The Bertz CT molecular complexity index is 2620. The number of imidazole rings is 1. The lowest BCUT2D eigenvalue weighted by Crippen LogP contribution is -1.92. The molecule has 0 radical (unpaired) electrons. The maximum absolute atomic E-state index is 7.61. The molecule has 198 valence electrons. The van der Waals surface area contributed by atoms with Crippen LogP contribution in [0.25, 0.3) is 87.3 Å². The molecule has 0 unspecified atom stereocenters.